The number of rotatable bonds is 3. The van der Waals surface area contributed by atoms with E-state index in [0.29, 0.717) is 5.13 Å². The van der Waals surface area contributed by atoms with Crippen LogP contribution in [0.25, 0.3) is 10.2 Å². The highest BCUT2D eigenvalue weighted by molar-refractivity contribution is 7.22. The Bertz CT molecular complexity index is 905. The fourth-order valence-corrected chi connectivity index (χ4v) is 3.38. The largest absolute Gasteiger partial charge is 0.503 e. The number of ether oxygens (including phenoxy) is 1. The van der Waals surface area contributed by atoms with Crippen LogP contribution < -0.4 is 10.1 Å². The number of fused-ring (bicyclic) bond motifs is 1. The quantitative estimate of drug-likeness (QED) is 0.770. The van der Waals surface area contributed by atoms with Gasteiger partial charge in [-0.15, -0.1) is 0 Å². The van der Waals surface area contributed by atoms with Crippen LogP contribution in [0.1, 0.15) is 21.6 Å². The molecule has 0 saturated heterocycles. The lowest BCUT2D eigenvalue weighted by molar-refractivity contribution is 0.101. The highest BCUT2D eigenvalue weighted by Crippen LogP contribution is 2.31. The second kappa shape index (κ2) is 5.85. The van der Waals surface area contributed by atoms with Crippen LogP contribution >= 0.6 is 11.3 Å². The third-order valence-electron chi connectivity index (χ3n) is 3.37. The van der Waals surface area contributed by atoms with Crippen LogP contribution in [0.4, 0.5) is 5.13 Å². The Morgan fingerprint density at radius 3 is 2.87 bits per heavy atom. The topological polar surface area (TPSA) is 84.3 Å². The van der Waals surface area contributed by atoms with Gasteiger partial charge < -0.3 is 9.84 Å². The van der Waals surface area contributed by atoms with Crippen LogP contribution in [0.15, 0.2) is 24.4 Å². The number of pyridine rings is 1. The van der Waals surface area contributed by atoms with Gasteiger partial charge in [-0.05, 0) is 31.0 Å². The number of benzene rings is 1. The third-order valence-corrected chi connectivity index (χ3v) is 4.29. The normalized spacial score (nSPS) is 10.7. The Balaban J connectivity index is 1.93. The lowest BCUT2D eigenvalue weighted by atomic mass is 10.1. The minimum Gasteiger partial charge on any atom is -0.503 e. The summed E-state index contributed by atoms with van der Waals surface area (Å²) in [7, 11) is 1.41. The zero-order valence-electron chi connectivity index (χ0n) is 12.9. The summed E-state index contributed by atoms with van der Waals surface area (Å²) in [5.41, 5.74) is 2.96. The summed E-state index contributed by atoms with van der Waals surface area (Å²) in [6.45, 7) is 4.00. The maximum absolute atomic E-state index is 12.3. The number of aryl methyl sites for hydroxylation is 2. The van der Waals surface area contributed by atoms with Gasteiger partial charge in [0, 0.05) is 12.3 Å². The predicted octanol–water partition coefficient (Wildman–Crippen LogP) is 3.27. The molecule has 6 nitrogen and oxygen atoms in total. The predicted molar refractivity (Wildman–Crippen MR) is 89.5 cm³/mol. The summed E-state index contributed by atoms with van der Waals surface area (Å²) < 4.78 is 5.98. The summed E-state index contributed by atoms with van der Waals surface area (Å²) in [6.07, 6.45) is 1.40. The number of carbonyl (C=O) groups is 1. The molecule has 0 atom stereocenters. The molecule has 2 aromatic heterocycles. The van der Waals surface area contributed by atoms with Gasteiger partial charge in [0.15, 0.2) is 22.3 Å². The van der Waals surface area contributed by atoms with Gasteiger partial charge >= 0.3 is 0 Å². The Morgan fingerprint density at radius 1 is 1.35 bits per heavy atom. The van der Waals surface area contributed by atoms with E-state index in [2.05, 4.69) is 15.3 Å². The van der Waals surface area contributed by atoms with Crippen molar-refractivity contribution in [3.8, 4) is 11.5 Å². The molecule has 0 spiro atoms. The van der Waals surface area contributed by atoms with E-state index in [4.69, 9.17) is 4.74 Å². The minimum atomic E-state index is -0.533. The number of methoxy groups -OCH3 is 1. The van der Waals surface area contributed by atoms with E-state index in [1.165, 1.54) is 30.7 Å². The second-order valence-electron chi connectivity index (χ2n) is 5.11. The molecule has 1 aromatic carbocycles. The maximum Gasteiger partial charge on any atom is 0.280 e. The summed E-state index contributed by atoms with van der Waals surface area (Å²) in [5, 5.41) is 13.1. The molecule has 0 bridgehead atoms. The smallest absolute Gasteiger partial charge is 0.280 e. The van der Waals surface area contributed by atoms with E-state index in [9.17, 15) is 9.90 Å². The van der Waals surface area contributed by atoms with Crippen LogP contribution in [-0.2, 0) is 0 Å². The van der Waals surface area contributed by atoms with Gasteiger partial charge in [-0.2, -0.15) is 0 Å². The van der Waals surface area contributed by atoms with Crippen LogP contribution in [0.3, 0.4) is 0 Å². The molecule has 3 aromatic rings. The van der Waals surface area contributed by atoms with Gasteiger partial charge in [-0.3, -0.25) is 10.1 Å². The van der Waals surface area contributed by atoms with Crippen LogP contribution in [0.5, 0.6) is 11.5 Å². The molecule has 2 N–H and O–H groups in total. The number of amides is 1. The van der Waals surface area contributed by atoms with Crippen molar-refractivity contribution >= 4 is 32.6 Å². The number of anilines is 1. The number of aromatic hydroxyl groups is 1. The number of hydrogen-bond acceptors (Lipinski definition) is 6. The third kappa shape index (κ3) is 2.83. The Morgan fingerprint density at radius 2 is 2.13 bits per heavy atom. The van der Waals surface area contributed by atoms with E-state index >= 15 is 0 Å². The van der Waals surface area contributed by atoms with Gasteiger partial charge in [-0.1, -0.05) is 17.4 Å². The fourth-order valence-electron chi connectivity index (χ4n) is 2.35. The molecule has 23 heavy (non-hydrogen) atoms. The fraction of sp³-hybridized carbons (Fsp3) is 0.188. The van der Waals surface area contributed by atoms with Crippen LogP contribution in [-0.4, -0.2) is 28.1 Å². The molecule has 0 saturated carbocycles. The van der Waals surface area contributed by atoms with Crippen molar-refractivity contribution in [2.24, 2.45) is 0 Å². The Kier molecular flexibility index (Phi) is 3.87. The van der Waals surface area contributed by atoms with Crippen LogP contribution in [0, 0.1) is 13.8 Å². The molecule has 0 aliphatic rings. The van der Waals surface area contributed by atoms with E-state index in [-0.39, 0.29) is 17.2 Å². The molecule has 118 valence electrons. The van der Waals surface area contributed by atoms with E-state index in [1.54, 1.807) is 0 Å². The molecule has 7 heteroatoms. The van der Waals surface area contributed by atoms with Gasteiger partial charge in [0.05, 0.1) is 17.3 Å². The molecule has 3 rings (SSSR count). The summed E-state index contributed by atoms with van der Waals surface area (Å²) in [6, 6.07) is 5.55. The molecule has 0 unspecified atom stereocenters. The lowest BCUT2D eigenvalue weighted by Gasteiger charge is -2.06. The van der Waals surface area contributed by atoms with Gasteiger partial charge in [0.2, 0.25) is 0 Å². The molecule has 2 heterocycles. The van der Waals surface area contributed by atoms with Crippen molar-refractivity contribution in [2.45, 2.75) is 13.8 Å². The minimum absolute atomic E-state index is 0.100. The lowest BCUT2D eigenvalue weighted by Crippen LogP contribution is -2.13. The maximum atomic E-state index is 12.3. The molecular weight excluding hydrogens is 314 g/mol. The van der Waals surface area contributed by atoms with Crippen molar-refractivity contribution < 1.29 is 14.6 Å². The Hall–Kier alpha value is -2.67. The first-order valence-corrected chi connectivity index (χ1v) is 7.72. The number of hydrogen-bond donors (Lipinski definition) is 2. The molecule has 0 fully saturated rings. The Labute approximate surface area is 136 Å². The second-order valence-corrected chi connectivity index (χ2v) is 6.14. The standard InChI is InChI=1S/C16H15N3O3S/c1-8-6-9(2)12-11(7-8)23-16(18-12)19-15(21)13-14(20)10(22-3)4-5-17-13/h4-7,20H,1-3H3,(H,18,19,21). The summed E-state index contributed by atoms with van der Waals surface area (Å²) in [5.74, 6) is -0.628. The van der Waals surface area contributed by atoms with Gasteiger partial charge in [0.1, 0.15) is 0 Å². The monoisotopic (exact) mass is 329 g/mol. The van der Waals surface area contributed by atoms with Gasteiger partial charge in [-0.25, -0.2) is 9.97 Å². The van der Waals surface area contributed by atoms with Crippen molar-refractivity contribution in [3.05, 3.63) is 41.2 Å². The van der Waals surface area contributed by atoms with Crippen molar-refractivity contribution in [2.75, 3.05) is 12.4 Å². The molecule has 0 aliphatic carbocycles. The first kappa shape index (κ1) is 15.2. The van der Waals surface area contributed by atoms with Gasteiger partial charge in [0.25, 0.3) is 5.91 Å². The summed E-state index contributed by atoms with van der Waals surface area (Å²) in [4.78, 5) is 20.6. The molecule has 0 aliphatic heterocycles. The number of thiazole rings is 1. The zero-order valence-corrected chi connectivity index (χ0v) is 13.7. The SMILES string of the molecule is COc1ccnc(C(=O)Nc2nc3c(C)cc(C)cc3s2)c1O. The average Bonchev–Trinajstić information content (AvgIpc) is 2.90. The average molecular weight is 329 g/mol. The van der Waals surface area contributed by atoms with Crippen molar-refractivity contribution in [1.82, 2.24) is 9.97 Å². The van der Waals surface area contributed by atoms with E-state index < -0.39 is 5.91 Å². The highest BCUT2D eigenvalue weighted by atomic mass is 32.1. The van der Waals surface area contributed by atoms with Crippen molar-refractivity contribution in [1.29, 1.82) is 0 Å². The number of carbonyl (C=O) groups excluding carboxylic acids is 1. The first-order chi connectivity index (χ1) is 11.0. The number of nitrogens with one attached hydrogen (secondary N) is 1. The number of aromatic nitrogens is 2. The summed E-state index contributed by atoms with van der Waals surface area (Å²) >= 11 is 1.38. The van der Waals surface area contributed by atoms with E-state index in [0.717, 1.165) is 21.3 Å². The number of nitrogens with zero attached hydrogens (tertiary/aromatic N) is 2. The van der Waals surface area contributed by atoms with Crippen molar-refractivity contribution in [3.63, 3.8) is 0 Å². The zero-order chi connectivity index (χ0) is 16.6. The van der Waals surface area contributed by atoms with E-state index in [1.807, 2.05) is 26.0 Å². The molecule has 1 amide bonds. The first-order valence-electron chi connectivity index (χ1n) is 6.90. The van der Waals surface area contributed by atoms with Crippen LogP contribution in [0.2, 0.25) is 0 Å². The highest BCUT2D eigenvalue weighted by Gasteiger charge is 2.18. The molecule has 0 radical (unpaired) electrons. The molecular formula is C16H15N3O3S.